The van der Waals surface area contributed by atoms with E-state index in [9.17, 15) is 4.79 Å². The molecule has 7 heteroatoms. The molecule has 1 N–H and O–H groups in total. The van der Waals surface area contributed by atoms with Crippen molar-refractivity contribution in [2.75, 3.05) is 0 Å². The number of aromatic nitrogens is 3. The van der Waals surface area contributed by atoms with Crippen LogP contribution in [0.5, 0.6) is 0 Å². The summed E-state index contributed by atoms with van der Waals surface area (Å²) in [5.74, 6) is 0.197. The quantitative estimate of drug-likeness (QED) is 0.546. The number of nitrogens with one attached hydrogen (secondary N) is 1. The lowest BCUT2D eigenvalue weighted by Gasteiger charge is -2.03. The average Bonchev–Trinajstić information content (AvgIpc) is 3.41. The molecule has 0 amide bonds. The van der Waals surface area contributed by atoms with Gasteiger partial charge in [-0.2, -0.15) is 5.10 Å². The fourth-order valence-electron chi connectivity index (χ4n) is 2.40. The Hall–Kier alpha value is -3.19. The van der Waals surface area contributed by atoms with Gasteiger partial charge in [0.15, 0.2) is 5.76 Å². The van der Waals surface area contributed by atoms with Crippen LogP contribution in [0.2, 0.25) is 0 Å². The molecular formula is C18H13N3O3S. The zero-order valence-electron chi connectivity index (χ0n) is 13.0. The van der Waals surface area contributed by atoms with E-state index in [0.29, 0.717) is 22.7 Å². The molecule has 0 fully saturated rings. The van der Waals surface area contributed by atoms with Gasteiger partial charge >= 0.3 is 5.97 Å². The first kappa shape index (κ1) is 15.3. The van der Waals surface area contributed by atoms with E-state index in [1.807, 2.05) is 47.8 Å². The predicted molar refractivity (Wildman–Crippen MR) is 93.0 cm³/mol. The number of esters is 1. The smallest absolute Gasteiger partial charge is 0.342 e. The van der Waals surface area contributed by atoms with E-state index in [4.69, 9.17) is 9.26 Å². The number of hydrogen-bond donors (Lipinski definition) is 1. The third-order valence-corrected chi connectivity index (χ3v) is 4.48. The number of ether oxygens (including phenoxy) is 1. The average molecular weight is 351 g/mol. The minimum atomic E-state index is -0.465. The molecule has 3 aromatic heterocycles. The van der Waals surface area contributed by atoms with Gasteiger partial charge in [-0.05, 0) is 11.4 Å². The van der Waals surface area contributed by atoms with Gasteiger partial charge in [0.1, 0.15) is 17.9 Å². The molecule has 0 spiro atoms. The summed E-state index contributed by atoms with van der Waals surface area (Å²) in [5, 5.41) is 12.7. The lowest BCUT2D eigenvalue weighted by Crippen LogP contribution is -2.06. The molecule has 124 valence electrons. The van der Waals surface area contributed by atoms with E-state index < -0.39 is 5.97 Å². The largest absolute Gasteiger partial charge is 0.455 e. The summed E-state index contributed by atoms with van der Waals surface area (Å²) in [7, 11) is 0. The highest BCUT2D eigenvalue weighted by atomic mass is 32.1. The van der Waals surface area contributed by atoms with Crippen molar-refractivity contribution in [3.05, 3.63) is 71.4 Å². The summed E-state index contributed by atoms with van der Waals surface area (Å²) in [4.78, 5) is 13.3. The minimum Gasteiger partial charge on any atom is -0.455 e. The molecule has 1 aromatic carbocycles. The third-order valence-electron chi connectivity index (χ3n) is 3.60. The van der Waals surface area contributed by atoms with Crippen LogP contribution in [0.4, 0.5) is 0 Å². The molecule has 0 aliphatic rings. The Morgan fingerprint density at radius 3 is 2.88 bits per heavy atom. The molecular weight excluding hydrogens is 338 g/mol. The Labute approximate surface area is 147 Å². The monoisotopic (exact) mass is 351 g/mol. The van der Waals surface area contributed by atoms with Crippen molar-refractivity contribution in [2.45, 2.75) is 6.61 Å². The molecule has 4 rings (SSSR count). The molecule has 0 radical (unpaired) electrons. The zero-order valence-corrected chi connectivity index (χ0v) is 13.8. The van der Waals surface area contributed by atoms with Crippen molar-refractivity contribution < 1.29 is 14.1 Å². The van der Waals surface area contributed by atoms with Gasteiger partial charge in [-0.25, -0.2) is 4.79 Å². The highest BCUT2D eigenvalue weighted by molar-refractivity contribution is 7.13. The topological polar surface area (TPSA) is 81.0 Å². The van der Waals surface area contributed by atoms with Crippen LogP contribution < -0.4 is 0 Å². The first-order valence-electron chi connectivity index (χ1n) is 7.56. The van der Waals surface area contributed by atoms with Crippen molar-refractivity contribution in [2.24, 2.45) is 0 Å². The number of thiophene rings is 1. The van der Waals surface area contributed by atoms with E-state index in [2.05, 4.69) is 15.4 Å². The SMILES string of the molecule is O=C(OCc1cc(-c2cccs2)on1)c1cn[nH]c1-c1ccccc1. The van der Waals surface area contributed by atoms with Gasteiger partial charge in [-0.1, -0.05) is 41.6 Å². The maximum absolute atomic E-state index is 12.4. The Kier molecular flexibility index (Phi) is 4.14. The van der Waals surface area contributed by atoms with Crippen molar-refractivity contribution in [3.8, 4) is 21.9 Å². The second-order valence-electron chi connectivity index (χ2n) is 5.26. The van der Waals surface area contributed by atoms with Gasteiger partial charge in [0.05, 0.1) is 16.8 Å². The van der Waals surface area contributed by atoms with Gasteiger partial charge in [0.25, 0.3) is 0 Å². The van der Waals surface area contributed by atoms with Crippen molar-refractivity contribution >= 4 is 17.3 Å². The number of hydrogen-bond acceptors (Lipinski definition) is 6. The normalized spacial score (nSPS) is 10.7. The first-order valence-corrected chi connectivity index (χ1v) is 8.44. The van der Waals surface area contributed by atoms with Crippen LogP contribution in [0.3, 0.4) is 0 Å². The number of rotatable bonds is 5. The van der Waals surface area contributed by atoms with E-state index in [0.717, 1.165) is 10.4 Å². The fourth-order valence-corrected chi connectivity index (χ4v) is 3.07. The molecule has 0 unspecified atom stereocenters. The van der Waals surface area contributed by atoms with Gasteiger partial charge in [0.2, 0.25) is 0 Å². The molecule has 4 aromatic rings. The van der Waals surface area contributed by atoms with Crippen LogP contribution in [0.25, 0.3) is 21.9 Å². The summed E-state index contributed by atoms with van der Waals surface area (Å²) in [6, 6.07) is 15.1. The molecule has 0 atom stereocenters. The summed E-state index contributed by atoms with van der Waals surface area (Å²) in [5.41, 5.74) is 2.44. The number of benzene rings is 1. The number of H-pyrrole nitrogens is 1. The number of aromatic amines is 1. The highest BCUT2D eigenvalue weighted by Gasteiger charge is 2.17. The van der Waals surface area contributed by atoms with Crippen molar-refractivity contribution in [3.63, 3.8) is 0 Å². The summed E-state index contributed by atoms with van der Waals surface area (Å²) in [6.07, 6.45) is 1.46. The second-order valence-corrected chi connectivity index (χ2v) is 6.21. The van der Waals surface area contributed by atoms with Gasteiger partial charge < -0.3 is 9.26 Å². The zero-order chi connectivity index (χ0) is 17.1. The van der Waals surface area contributed by atoms with Gasteiger partial charge in [0, 0.05) is 11.6 Å². The van der Waals surface area contributed by atoms with Crippen molar-refractivity contribution in [1.29, 1.82) is 0 Å². The van der Waals surface area contributed by atoms with Crippen molar-refractivity contribution in [1.82, 2.24) is 15.4 Å². The Morgan fingerprint density at radius 1 is 1.20 bits per heavy atom. The maximum Gasteiger partial charge on any atom is 0.342 e. The van der Waals surface area contributed by atoms with Crippen LogP contribution in [-0.4, -0.2) is 21.3 Å². The van der Waals surface area contributed by atoms with Crippen LogP contribution in [0, 0.1) is 0 Å². The number of carbonyl (C=O) groups excluding carboxylic acids is 1. The molecule has 0 saturated carbocycles. The number of carbonyl (C=O) groups is 1. The molecule has 0 aliphatic heterocycles. The van der Waals surface area contributed by atoms with E-state index in [1.165, 1.54) is 6.20 Å². The Morgan fingerprint density at radius 2 is 2.08 bits per heavy atom. The molecule has 0 saturated heterocycles. The lowest BCUT2D eigenvalue weighted by atomic mass is 10.1. The third kappa shape index (κ3) is 3.22. The lowest BCUT2D eigenvalue weighted by molar-refractivity contribution is 0.0465. The standard InChI is InChI=1S/C18H13N3O3S/c22-18(14-10-19-20-17(14)12-5-2-1-3-6-12)23-11-13-9-15(24-21-13)16-7-4-8-25-16/h1-10H,11H2,(H,19,20). The van der Waals surface area contributed by atoms with Crippen LogP contribution in [0.1, 0.15) is 16.1 Å². The van der Waals surface area contributed by atoms with Gasteiger partial charge in [-0.15, -0.1) is 11.3 Å². The number of nitrogens with zero attached hydrogens (tertiary/aromatic N) is 2. The highest BCUT2D eigenvalue weighted by Crippen LogP contribution is 2.26. The minimum absolute atomic E-state index is 0.0348. The molecule has 6 nitrogen and oxygen atoms in total. The maximum atomic E-state index is 12.4. The van der Waals surface area contributed by atoms with Crippen LogP contribution >= 0.6 is 11.3 Å². The second kappa shape index (κ2) is 6.74. The molecule has 3 heterocycles. The molecule has 25 heavy (non-hydrogen) atoms. The van der Waals surface area contributed by atoms with Crippen LogP contribution in [0.15, 0.2) is 64.6 Å². The predicted octanol–water partition coefficient (Wildman–Crippen LogP) is 4.15. The summed E-state index contributed by atoms with van der Waals surface area (Å²) >= 11 is 1.56. The Bertz CT molecular complexity index is 974. The summed E-state index contributed by atoms with van der Waals surface area (Å²) < 4.78 is 10.6. The van der Waals surface area contributed by atoms with E-state index >= 15 is 0 Å². The van der Waals surface area contributed by atoms with E-state index in [-0.39, 0.29) is 6.61 Å². The molecule has 0 aliphatic carbocycles. The first-order chi connectivity index (χ1) is 12.3. The summed E-state index contributed by atoms with van der Waals surface area (Å²) in [6.45, 7) is 0.0348. The van der Waals surface area contributed by atoms with Gasteiger partial charge in [-0.3, -0.25) is 5.10 Å². The molecule has 0 bridgehead atoms. The van der Waals surface area contributed by atoms with Crippen LogP contribution in [-0.2, 0) is 11.3 Å². The fraction of sp³-hybridized carbons (Fsp3) is 0.0556. The Balaban J connectivity index is 1.46. The van der Waals surface area contributed by atoms with E-state index in [1.54, 1.807) is 17.4 Å².